The van der Waals surface area contributed by atoms with E-state index >= 15 is 0 Å². The van der Waals surface area contributed by atoms with Crippen LogP contribution in [0.25, 0.3) is 0 Å². The van der Waals surface area contributed by atoms with E-state index < -0.39 is 0 Å². The number of aliphatic imine (C=N–C) groups is 1. The molecule has 4 heteroatoms. The fraction of sp³-hybridized carbons (Fsp3) is 0.286. The lowest BCUT2D eigenvalue weighted by Gasteiger charge is -2.33. The van der Waals surface area contributed by atoms with Gasteiger partial charge in [-0.15, -0.1) is 24.0 Å². The molecule has 2 aromatic carbocycles. The number of nitrogens with zero attached hydrogens (tertiary/aromatic N) is 1. The molecule has 1 aliphatic heterocycles. The first-order chi connectivity index (χ1) is 11.6. The second-order valence-corrected chi connectivity index (χ2v) is 6.88. The summed E-state index contributed by atoms with van der Waals surface area (Å²) in [4.78, 5) is 4.74. The zero-order valence-electron chi connectivity index (χ0n) is 14.8. The Bertz CT molecular complexity index is 721. The fourth-order valence-electron chi connectivity index (χ4n) is 2.89. The molecule has 0 saturated carbocycles. The molecule has 2 N–H and O–H groups in total. The summed E-state index contributed by atoms with van der Waals surface area (Å²) < 4.78 is 0. The van der Waals surface area contributed by atoms with E-state index in [-0.39, 0.29) is 29.5 Å². The lowest BCUT2D eigenvalue weighted by atomic mass is 9.94. The summed E-state index contributed by atoms with van der Waals surface area (Å²) >= 11 is 0. The molecule has 0 radical (unpaired) electrons. The molecule has 2 aromatic rings. The second kappa shape index (κ2) is 9.04. The van der Waals surface area contributed by atoms with E-state index in [0.717, 1.165) is 18.8 Å². The first-order valence-electron chi connectivity index (χ1n) is 8.46. The molecular weight excluding hydrogens is 421 g/mol. The summed E-state index contributed by atoms with van der Waals surface area (Å²) in [7, 11) is 0. The highest BCUT2D eigenvalue weighted by Crippen LogP contribution is 2.19. The van der Waals surface area contributed by atoms with E-state index in [1.807, 2.05) is 12.1 Å². The average Bonchev–Trinajstić information content (AvgIpc) is 2.59. The number of hydrogen-bond donors (Lipinski definition) is 2. The van der Waals surface area contributed by atoms with Crippen LogP contribution < -0.4 is 10.6 Å². The zero-order valence-corrected chi connectivity index (χ0v) is 17.2. The molecule has 3 nitrogen and oxygen atoms in total. The predicted octanol–water partition coefficient (Wildman–Crippen LogP) is 4.65. The van der Waals surface area contributed by atoms with Gasteiger partial charge in [0.1, 0.15) is 5.84 Å². The van der Waals surface area contributed by atoms with Crippen molar-refractivity contribution in [1.29, 1.82) is 0 Å². The molecular formula is C21H26IN3. The quantitative estimate of drug-likeness (QED) is 0.655. The van der Waals surface area contributed by atoms with Crippen LogP contribution in [0.4, 0.5) is 0 Å². The summed E-state index contributed by atoms with van der Waals surface area (Å²) in [5.41, 5.74) is 3.75. The molecule has 0 atom stereocenters. The van der Waals surface area contributed by atoms with Crippen molar-refractivity contribution in [2.45, 2.75) is 38.9 Å². The molecule has 0 amide bonds. The Morgan fingerprint density at radius 1 is 0.960 bits per heavy atom. The van der Waals surface area contributed by atoms with Crippen LogP contribution >= 0.6 is 24.0 Å². The van der Waals surface area contributed by atoms with Crippen LogP contribution in [0.2, 0.25) is 0 Å². The van der Waals surface area contributed by atoms with E-state index in [1.165, 1.54) is 16.8 Å². The van der Waals surface area contributed by atoms with Crippen molar-refractivity contribution >= 4 is 29.8 Å². The smallest absolute Gasteiger partial charge is 0.123 e. The third-order valence-electron chi connectivity index (χ3n) is 4.05. The molecule has 0 aromatic heterocycles. The summed E-state index contributed by atoms with van der Waals surface area (Å²) in [6.45, 7) is 5.96. The Labute approximate surface area is 167 Å². The van der Waals surface area contributed by atoms with Crippen molar-refractivity contribution < 1.29 is 0 Å². The third kappa shape index (κ3) is 6.20. The van der Waals surface area contributed by atoms with E-state index in [4.69, 9.17) is 4.99 Å². The Morgan fingerprint density at radius 3 is 2.20 bits per heavy atom. The Balaban J connectivity index is 0.00000225. The predicted molar refractivity (Wildman–Crippen MR) is 116 cm³/mol. The summed E-state index contributed by atoms with van der Waals surface area (Å²) in [6.07, 6.45) is 3.10. The maximum Gasteiger partial charge on any atom is 0.123 e. The number of hydrogen-bond acceptors (Lipinski definition) is 2. The van der Waals surface area contributed by atoms with Crippen LogP contribution in [0.1, 0.15) is 31.4 Å². The second-order valence-electron chi connectivity index (χ2n) is 6.88. The molecule has 0 fully saturated rings. The van der Waals surface area contributed by atoms with Crippen LogP contribution in [-0.2, 0) is 13.1 Å². The van der Waals surface area contributed by atoms with Gasteiger partial charge in [0.05, 0.1) is 6.54 Å². The first kappa shape index (κ1) is 19.5. The van der Waals surface area contributed by atoms with Crippen molar-refractivity contribution in [2.24, 2.45) is 4.99 Å². The standard InChI is InChI=1S/C21H25N3.HI/c1-21(2)14-19(22-15-17-9-5-3-6-10-17)13-20(24-21)23-16-18-11-7-4-8-12-18;/h3-13,22H,14-16H2,1-2H3,(H,23,24);1H. The third-order valence-corrected chi connectivity index (χ3v) is 4.05. The van der Waals surface area contributed by atoms with E-state index in [0.29, 0.717) is 6.54 Å². The van der Waals surface area contributed by atoms with Gasteiger partial charge in [0.25, 0.3) is 0 Å². The number of rotatable bonds is 5. The Kier molecular flexibility index (Phi) is 7.05. The zero-order chi connectivity index (χ0) is 16.8. The lowest BCUT2D eigenvalue weighted by Crippen LogP contribution is -2.47. The van der Waals surface area contributed by atoms with Crippen molar-refractivity contribution in [1.82, 2.24) is 10.6 Å². The molecule has 25 heavy (non-hydrogen) atoms. The topological polar surface area (TPSA) is 36.4 Å². The monoisotopic (exact) mass is 447 g/mol. The lowest BCUT2D eigenvalue weighted by molar-refractivity contribution is 0.434. The number of amidine groups is 1. The minimum atomic E-state index is 0. The van der Waals surface area contributed by atoms with Gasteiger partial charge in [-0.3, -0.25) is 4.99 Å². The molecule has 1 aliphatic rings. The molecule has 0 aliphatic carbocycles. The van der Waals surface area contributed by atoms with Crippen molar-refractivity contribution in [3.05, 3.63) is 83.6 Å². The summed E-state index contributed by atoms with van der Waals surface area (Å²) in [5.74, 6) is 0.950. The van der Waals surface area contributed by atoms with Crippen LogP contribution in [0.5, 0.6) is 0 Å². The molecule has 0 bridgehead atoms. The van der Waals surface area contributed by atoms with Gasteiger partial charge in [0.15, 0.2) is 0 Å². The summed E-state index contributed by atoms with van der Waals surface area (Å²) in [6, 6.07) is 20.8. The maximum atomic E-state index is 4.74. The van der Waals surface area contributed by atoms with Crippen molar-refractivity contribution in [3.8, 4) is 0 Å². The van der Waals surface area contributed by atoms with Crippen LogP contribution in [0.15, 0.2) is 77.4 Å². The normalized spacial score (nSPS) is 17.2. The highest BCUT2D eigenvalue weighted by Gasteiger charge is 2.25. The summed E-state index contributed by atoms with van der Waals surface area (Å²) in [5, 5.41) is 7.09. The highest BCUT2D eigenvalue weighted by atomic mass is 127. The van der Waals surface area contributed by atoms with Gasteiger partial charge in [-0.2, -0.15) is 0 Å². The first-order valence-corrected chi connectivity index (χ1v) is 8.46. The van der Waals surface area contributed by atoms with Gasteiger partial charge in [0.2, 0.25) is 0 Å². The molecule has 1 heterocycles. The Hall–Kier alpha value is -1.82. The van der Waals surface area contributed by atoms with E-state index in [9.17, 15) is 0 Å². The van der Waals surface area contributed by atoms with Crippen LogP contribution in [-0.4, -0.2) is 11.4 Å². The van der Waals surface area contributed by atoms with Gasteiger partial charge in [-0.25, -0.2) is 0 Å². The van der Waals surface area contributed by atoms with Gasteiger partial charge < -0.3 is 10.6 Å². The molecule has 0 unspecified atom stereocenters. The largest absolute Gasteiger partial charge is 0.384 e. The highest BCUT2D eigenvalue weighted by molar-refractivity contribution is 14.0. The molecule has 132 valence electrons. The Morgan fingerprint density at radius 2 is 1.56 bits per heavy atom. The molecule has 0 saturated heterocycles. The SMILES string of the molecule is CC1(C)CC(NCc2ccccc2)=CC(=NCc2ccccc2)N1.I. The van der Waals surface area contributed by atoms with E-state index in [2.05, 4.69) is 79.1 Å². The minimum Gasteiger partial charge on any atom is -0.384 e. The number of benzene rings is 2. The molecule has 3 rings (SSSR count). The number of halogens is 1. The van der Waals surface area contributed by atoms with Crippen molar-refractivity contribution in [3.63, 3.8) is 0 Å². The van der Waals surface area contributed by atoms with Gasteiger partial charge in [-0.05, 0) is 31.1 Å². The van der Waals surface area contributed by atoms with Crippen LogP contribution in [0.3, 0.4) is 0 Å². The van der Waals surface area contributed by atoms with E-state index in [1.54, 1.807) is 0 Å². The maximum absolute atomic E-state index is 4.74. The minimum absolute atomic E-state index is 0. The average molecular weight is 447 g/mol. The van der Waals surface area contributed by atoms with Crippen LogP contribution in [0, 0.1) is 0 Å². The fourth-order valence-corrected chi connectivity index (χ4v) is 2.89. The van der Waals surface area contributed by atoms with Gasteiger partial charge >= 0.3 is 0 Å². The van der Waals surface area contributed by atoms with Gasteiger partial charge in [-0.1, -0.05) is 60.7 Å². The van der Waals surface area contributed by atoms with Gasteiger partial charge in [0, 0.05) is 24.2 Å². The van der Waals surface area contributed by atoms with Crippen molar-refractivity contribution in [2.75, 3.05) is 0 Å². The molecule has 0 spiro atoms. The number of nitrogens with one attached hydrogen (secondary N) is 2.